The number of hydrogen-bond acceptors (Lipinski definition) is 6. The van der Waals surface area contributed by atoms with Crippen LogP contribution in [-0.2, 0) is 16.1 Å². The maximum Gasteiger partial charge on any atom is 0.351 e. The molecule has 0 bridgehead atoms. The zero-order valence-electron chi connectivity index (χ0n) is 14.9. The third kappa shape index (κ3) is 4.50. The Hall–Kier alpha value is -3.32. The fourth-order valence-corrected chi connectivity index (χ4v) is 2.61. The van der Waals surface area contributed by atoms with E-state index >= 15 is 0 Å². The molecule has 0 aliphatic rings. The van der Waals surface area contributed by atoms with Gasteiger partial charge in [-0.2, -0.15) is 0 Å². The number of halogens is 1. The van der Waals surface area contributed by atoms with Crippen LogP contribution >= 0.6 is 11.6 Å². The van der Waals surface area contributed by atoms with E-state index in [0.29, 0.717) is 16.2 Å². The average Bonchev–Trinajstić information content (AvgIpc) is 2.70. The van der Waals surface area contributed by atoms with Gasteiger partial charge in [-0.25, -0.2) is 9.59 Å². The number of esters is 1. The standard InChI is InChI=1S/C20H16ClNO6/c1-26-16-4-2-3-13-9-15(20(25)28-18(13)16)19(24)27-11-17(23)22-10-12-5-7-14(21)8-6-12/h2-9H,10-11H2,1H3,(H,22,23). The summed E-state index contributed by atoms with van der Waals surface area (Å²) in [5.74, 6) is -1.08. The molecule has 28 heavy (non-hydrogen) atoms. The number of para-hydroxylation sites is 1. The average molecular weight is 402 g/mol. The van der Waals surface area contributed by atoms with E-state index in [9.17, 15) is 14.4 Å². The summed E-state index contributed by atoms with van der Waals surface area (Å²) in [6.45, 7) is -0.270. The van der Waals surface area contributed by atoms with Crippen LogP contribution in [0.3, 0.4) is 0 Å². The first-order valence-corrected chi connectivity index (χ1v) is 8.65. The predicted molar refractivity (Wildman–Crippen MR) is 103 cm³/mol. The third-order valence-electron chi connectivity index (χ3n) is 3.90. The number of methoxy groups -OCH3 is 1. The molecule has 1 heterocycles. The van der Waals surface area contributed by atoms with E-state index in [1.807, 2.05) is 0 Å². The number of ether oxygens (including phenoxy) is 2. The van der Waals surface area contributed by atoms with Crippen molar-refractivity contribution < 1.29 is 23.5 Å². The lowest BCUT2D eigenvalue weighted by molar-refractivity contribution is -0.124. The minimum Gasteiger partial charge on any atom is -0.493 e. The molecule has 3 aromatic rings. The minimum absolute atomic E-state index is 0.229. The summed E-state index contributed by atoms with van der Waals surface area (Å²) in [7, 11) is 1.44. The monoisotopic (exact) mass is 401 g/mol. The van der Waals surface area contributed by atoms with E-state index in [0.717, 1.165) is 5.56 Å². The Morgan fingerprint density at radius 3 is 2.61 bits per heavy atom. The summed E-state index contributed by atoms with van der Waals surface area (Å²) in [5.41, 5.74) is -0.102. The molecule has 0 radical (unpaired) electrons. The van der Waals surface area contributed by atoms with Crippen molar-refractivity contribution in [1.82, 2.24) is 5.32 Å². The molecule has 0 saturated carbocycles. The van der Waals surface area contributed by atoms with Crippen LogP contribution in [0.15, 0.2) is 57.7 Å². The van der Waals surface area contributed by atoms with Gasteiger partial charge in [-0.15, -0.1) is 0 Å². The fourth-order valence-electron chi connectivity index (χ4n) is 2.48. The number of fused-ring (bicyclic) bond motifs is 1. The first kappa shape index (κ1) is 19.4. The van der Waals surface area contributed by atoms with Crippen molar-refractivity contribution >= 4 is 34.4 Å². The van der Waals surface area contributed by atoms with Gasteiger partial charge < -0.3 is 19.2 Å². The second-order valence-electron chi connectivity index (χ2n) is 5.81. The Balaban J connectivity index is 1.63. The summed E-state index contributed by atoms with van der Waals surface area (Å²) < 4.78 is 15.2. The lowest BCUT2D eigenvalue weighted by Gasteiger charge is -2.08. The SMILES string of the molecule is COc1cccc2cc(C(=O)OCC(=O)NCc3ccc(Cl)cc3)c(=O)oc12. The van der Waals surface area contributed by atoms with Crippen LogP contribution in [0.5, 0.6) is 5.75 Å². The van der Waals surface area contributed by atoms with E-state index in [1.54, 1.807) is 42.5 Å². The molecule has 1 N–H and O–H groups in total. The van der Waals surface area contributed by atoms with E-state index in [2.05, 4.69) is 5.32 Å². The van der Waals surface area contributed by atoms with Crippen molar-refractivity contribution in [3.05, 3.63) is 75.1 Å². The van der Waals surface area contributed by atoms with Crippen molar-refractivity contribution in [3.8, 4) is 5.75 Å². The van der Waals surface area contributed by atoms with Crippen molar-refractivity contribution in [1.29, 1.82) is 0 Å². The van der Waals surface area contributed by atoms with Gasteiger partial charge >= 0.3 is 11.6 Å². The molecule has 7 nitrogen and oxygen atoms in total. The number of carbonyl (C=O) groups is 2. The number of benzene rings is 2. The molecule has 0 unspecified atom stereocenters. The predicted octanol–water partition coefficient (Wildman–Crippen LogP) is 2.93. The van der Waals surface area contributed by atoms with Gasteiger partial charge in [0, 0.05) is 17.0 Å². The summed E-state index contributed by atoms with van der Waals surface area (Å²) in [6.07, 6.45) is 0. The number of rotatable bonds is 6. The quantitative estimate of drug-likeness (QED) is 0.504. The highest BCUT2D eigenvalue weighted by Gasteiger charge is 2.18. The largest absolute Gasteiger partial charge is 0.493 e. The summed E-state index contributed by atoms with van der Waals surface area (Å²) >= 11 is 5.80. The number of carbonyl (C=O) groups excluding carboxylic acids is 2. The molecule has 1 amide bonds. The Labute approximate surface area is 164 Å². The lowest BCUT2D eigenvalue weighted by Crippen LogP contribution is -2.29. The van der Waals surface area contributed by atoms with Crippen molar-refractivity contribution in [2.24, 2.45) is 0 Å². The van der Waals surface area contributed by atoms with Crippen molar-refractivity contribution in [2.75, 3.05) is 13.7 Å². The van der Waals surface area contributed by atoms with E-state index in [-0.39, 0.29) is 17.7 Å². The lowest BCUT2D eigenvalue weighted by atomic mass is 10.2. The number of hydrogen-bond donors (Lipinski definition) is 1. The van der Waals surface area contributed by atoms with E-state index in [4.69, 9.17) is 25.5 Å². The highest BCUT2D eigenvalue weighted by atomic mass is 35.5. The molecule has 144 valence electrons. The maximum absolute atomic E-state index is 12.2. The van der Waals surface area contributed by atoms with Gasteiger partial charge in [-0.1, -0.05) is 35.9 Å². The Morgan fingerprint density at radius 1 is 1.14 bits per heavy atom. The first-order chi connectivity index (χ1) is 13.5. The normalized spacial score (nSPS) is 10.5. The summed E-state index contributed by atoms with van der Waals surface area (Å²) in [5, 5.41) is 3.70. The molecule has 0 spiro atoms. The van der Waals surface area contributed by atoms with E-state index in [1.165, 1.54) is 13.2 Å². The smallest absolute Gasteiger partial charge is 0.351 e. The molecule has 8 heteroatoms. The zero-order chi connectivity index (χ0) is 20.1. The second kappa shape index (κ2) is 8.58. The van der Waals surface area contributed by atoms with Crippen LogP contribution in [-0.4, -0.2) is 25.6 Å². The minimum atomic E-state index is -0.944. The summed E-state index contributed by atoms with van der Waals surface area (Å²) in [4.78, 5) is 36.1. The van der Waals surface area contributed by atoms with E-state index < -0.39 is 24.1 Å². The van der Waals surface area contributed by atoms with Gasteiger partial charge in [-0.3, -0.25) is 4.79 Å². The molecule has 1 aromatic heterocycles. The van der Waals surface area contributed by atoms with Gasteiger partial charge in [0.25, 0.3) is 5.91 Å². The van der Waals surface area contributed by atoms with Crippen LogP contribution in [0, 0.1) is 0 Å². The zero-order valence-corrected chi connectivity index (χ0v) is 15.6. The molecule has 0 aliphatic heterocycles. The number of amides is 1. The third-order valence-corrected chi connectivity index (χ3v) is 4.15. The van der Waals surface area contributed by atoms with Gasteiger partial charge in [0.15, 0.2) is 17.9 Å². The highest BCUT2D eigenvalue weighted by Crippen LogP contribution is 2.24. The van der Waals surface area contributed by atoms with Crippen molar-refractivity contribution in [3.63, 3.8) is 0 Å². The Kier molecular flexibility index (Phi) is 5.96. The molecule has 0 saturated heterocycles. The highest BCUT2D eigenvalue weighted by molar-refractivity contribution is 6.30. The van der Waals surface area contributed by atoms with Crippen molar-refractivity contribution in [2.45, 2.75) is 6.54 Å². The molecular weight excluding hydrogens is 386 g/mol. The van der Waals surface area contributed by atoms with Gasteiger partial charge in [0.2, 0.25) is 0 Å². The number of nitrogens with one attached hydrogen (secondary N) is 1. The fraction of sp³-hybridized carbons (Fsp3) is 0.150. The maximum atomic E-state index is 12.2. The van der Waals surface area contributed by atoms with Crippen LogP contribution < -0.4 is 15.7 Å². The van der Waals surface area contributed by atoms with Crippen LogP contribution in [0.4, 0.5) is 0 Å². The van der Waals surface area contributed by atoms with Crippen LogP contribution in [0.2, 0.25) is 5.02 Å². The molecule has 0 fully saturated rings. The van der Waals surface area contributed by atoms with Crippen LogP contribution in [0.1, 0.15) is 15.9 Å². The molecule has 0 atom stereocenters. The van der Waals surface area contributed by atoms with Gasteiger partial charge in [0.1, 0.15) is 5.56 Å². The first-order valence-electron chi connectivity index (χ1n) is 8.27. The molecule has 2 aromatic carbocycles. The van der Waals surface area contributed by atoms with Gasteiger partial charge in [-0.05, 0) is 29.8 Å². The Morgan fingerprint density at radius 2 is 1.89 bits per heavy atom. The van der Waals surface area contributed by atoms with Crippen LogP contribution in [0.25, 0.3) is 11.0 Å². The molecule has 0 aliphatic carbocycles. The Bertz CT molecular complexity index is 1070. The van der Waals surface area contributed by atoms with Gasteiger partial charge in [0.05, 0.1) is 7.11 Å². The molecule has 3 rings (SSSR count). The second-order valence-corrected chi connectivity index (χ2v) is 6.24. The molecular formula is C20H16ClNO6. The summed E-state index contributed by atoms with van der Waals surface area (Å²) in [6, 6.07) is 13.3. The topological polar surface area (TPSA) is 94.8 Å².